The molecule has 17 heavy (non-hydrogen) atoms. The lowest BCUT2D eigenvalue weighted by atomic mass is 10.1. The molecule has 0 atom stereocenters. The highest BCUT2D eigenvalue weighted by Crippen LogP contribution is 2.33. The first-order valence-corrected chi connectivity index (χ1v) is 5.81. The van der Waals surface area contributed by atoms with E-state index in [0.29, 0.717) is 13.2 Å². The Balaban J connectivity index is 1.97. The Morgan fingerprint density at radius 1 is 1.18 bits per heavy atom. The summed E-state index contributed by atoms with van der Waals surface area (Å²) in [5, 5.41) is 7.30. The third-order valence-corrected chi connectivity index (χ3v) is 2.85. The molecule has 0 radical (unpaired) electrons. The van der Waals surface area contributed by atoms with Gasteiger partial charge in [0.05, 0.1) is 5.69 Å². The maximum Gasteiger partial charge on any atom is 0.162 e. The molecular formula is C13H14N2O2. The number of nitrogens with zero attached hydrogens (tertiary/aromatic N) is 1. The molecule has 0 spiro atoms. The Morgan fingerprint density at radius 2 is 2.00 bits per heavy atom. The number of ether oxygens (including phenoxy) is 2. The molecule has 0 saturated heterocycles. The Bertz CT molecular complexity index is 534. The number of fused-ring (bicyclic) bond motifs is 1. The van der Waals surface area contributed by atoms with Crippen molar-refractivity contribution < 1.29 is 9.47 Å². The molecular weight excluding hydrogens is 216 g/mol. The molecule has 0 unspecified atom stereocenters. The van der Waals surface area contributed by atoms with Gasteiger partial charge in [0.2, 0.25) is 0 Å². The molecule has 88 valence electrons. The summed E-state index contributed by atoms with van der Waals surface area (Å²) in [6, 6.07) is 7.97. The van der Waals surface area contributed by atoms with Crippen molar-refractivity contribution >= 4 is 0 Å². The fourth-order valence-corrected chi connectivity index (χ4v) is 1.89. The lowest BCUT2D eigenvalue weighted by molar-refractivity contribution is 0.171. The number of H-pyrrole nitrogens is 1. The van der Waals surface area contributed by atoms with Crippen LogP contribution in [-0.4, -0.2) is 23.4 Å². The fourth-order valence-electron chi connectivity index (χ4n) is 1.89. The van der Waals surface area contributed by atoms with E-state index in [1.807, 2.05) is 18.2 Å². The number of aromatic amines is 1. The molecule has 1 aromatic carbocycles. The summed E-state index contributed by atoms with van der Waals surface area (Å²) < 4.78 is 11.0. The van der Waals surface area contributed by atoms with Gasteiger partial charge in [-0.3, -0.25) is 5.10 Å². The van der Waals surface area contributed by atoms with Gasteiger partial charge in [0.25, 0.3) is 0 Å². The quantitative estimate of drug-likeness (QED) is 0.861. The number of aryl methyl sites for hydroxylation is 1. The van der Waals surface area contributed by atoms with E-state index in [9.17, 15) is 0 Å². The molecule has 0 amide bonds. The molecule has 3 rings (SSSR count). The fraction of sp³-hybridized carbons (Fsp3) is 0.308. The second-order valence-electron chi connectivity index (χ2n) is 3.99. The maximum atomic E-state index is 5.56. The van der Waals surface area contributed by atoms with E-state index >= 15 is 0 Å². The molecule has 4 nitrogen and oxygen atoms in total. The lowest BCUT2D eigenvalue weighted by Gasteiger charge is -2.18. The van der Waals surface area contributed by atoms with Gasteiger partial charge in [-0.25, -0.2) is 0 Å². The second kappa shape index (κ2) is 4.13. The van der Waals surface area contributed by atoms with Crippen LogP contribution >= 0.6 is 0 Å². The molecule has 1 aromatic heterocycles. The van der Waals surface area contributed by atoms with E-state index in [4.69, 9.17) is 9.47 Å². The van der Waals surface area contributed by atoms with Crippen LogP contribution in [0.2, 0.25) is 0 Å². The first-order chi connectivity index (χ1) is 8.36. The van der Waals surface area contributed by atoms with Gasteiger partial charge in [0, 0.05) is 11.3 Å². The van der Waals surface area contributed by atoms with Crippen LogP contribution in [-0.2, 0) is 6.42 Å². The second-order valence-corrected chi connectivity index (χ2v) is 3.99. The Labute approximate surface area is 99.6 Å². The molecule has 0 saturated carbocycles. The largest absolute Gasteiger partial charge is 0.486 e. The van der Waals surface area contributed by atoms with E-state index in [2.05, 4.69) is 23.2 Å². The molecule has 0 fully saturated rings. The predicted octanol–water partition coefficient (Wildman–Crippen LogP) is 2.41. The van der Waals surface area contributed by atoms with Gasteiger partial charge in [0.15, 0.2) is 11.5 Å². The zero-order valence-corrected chi connectivity index (χ0v) is 9.69. The Hall–Kier alpha value is -1.97. The maximum absolute atomic E-state index is 5.56. The standard InChI is InChI=1S/C13H14N2O2/c1-2-10-8-11(15-14-10)9-3-4-12-13(7-9)17-6-5-16-12/h3-4,7-8H,2,5-6H2,1H3,(H,14,15). The van der Waals surface area contributed by atoms with Crippen molar-refractivity contribution in [2.24, 2.45) is 0 Å². The monoisotopic (exact) mass is 230 g/mol. The number of aromatic nitrogens is 2. The van der Waals surface area contributed by atoms with Crippen LogP contribution in [0.25, 0.3) is 11.3 Å². The highest BCUT2D eigenvalue weighted by atomic mass is 16.6. The van der Waals surface area contributed by atoms with Crippen molar-refractivity contribution in [3.8, 4) is 22.8 Å². The summed E-state index contributed by atoms with van der Waals surface area (Å²) in [6.45, 7) is 3.33. The summed E-state index contributed by atoms with van der Waals surface area (Å²) in [5.41, 5.74) is 3.12. The zero-order valence-electron chi connectivity index (χ0n) is 9.69. The number of benzene rings is 1. The van der Waals surface area contributed by atoms with Crippen LogP contribution in [0.5, 0.6) is 11.5 Å². The molecule has 0 aliphatic carbocycles. The lowest BCUT2D eigenvalue weighted by Crippen LogP contribution is -2.15. The third kappa shape index (κ3) is 1.86. The molecule has 4 heteroatoms. The van der Waals surface area contributed by atoms with Gasteiger partial charge in [-0.1, -0.05) is 6.92 Å². The summed E-state index contributed by atoms with van der Waals surface area (Å²) in [6.07, 6.45) is 0.956. The molecule has 2 aromatic rings. The van der Waals surface area contributed by atoms with Crippen molar-refractivity contribution in [2.45, 2.75) is 13.3 Å². The topological polar surface area (TPSA) is 47.1 Å². The highest BCUT2D eigenvalue weighted by Gasteiger charge is 2.13. The molecule has 1 aliphatic rings. The smallest absolute Gasteiger partial charge is 0.162 e. The first kappa shape index (κ1) is 10.2. The van der Waals surface area contributed by atoms with Gasteiger partial charge in [-0.05, 0) is 30.7 Å². The van der Waals surface area contributed by atoms with Crippen LogP contribution in [0.15, 0.2) is 24.3 Å². The molecule has 1 aliphatic heterocycles. The van der Waals surface area contributed by atoms with E-state index in [-0.39, 0.29) is 0 Å². The van der Waals surface area contributed by atoms with Crippen LogP contribution in [0.3, 0.4) is 0 Å². The van der Waals surface area contributed by atoms with Crippen LogP contribution in [0, 0.1) is 0 Å². The van der Waals surface area contributed by atoms with E-state index < -0.39 is 0 Å². The van der Waals surface area contributed by atoms with Gasteiger partial charge < -0.3 is 9.47 Å². The molecule has 0 bridgehead atoms. The van der Waals surface area contributed by atoms with Gasteiger partial charge in [-0.15, -0.1) is 0 Å². The van der Waals surface area contributed by atoms with Crippen molar-refractivity contribution in [1.82, 2.24) is 10.2 Å². The summed E-state index contributed by atoms with van der Waals surface area (Å²) >= 11 is 0. The predicted molar refractivity (Wildman–Crippen MR) is 64.4 cm³/mol. The van der Waals surface area contributed by atoms with E-state index in [1.54, 1.807) is 0 Å². The Kier molecular flexibility index (Phi) is 2.48. The SMILES string of the molecule is CCc1cc(-c2ccc3c(c2)OCCO3)n[nH]1. The summed E-state index contributed by atoms with van der Waals surface area (Å²) in [4.78, 5) is 0. The van der Waals surface area contributed by atoms with Crippen LogP contribution < -0.4 is 9.47 Å². The number of rotatable bonds is 2. The average Bonchev–Trinajstić information content (AvgIpc) is 2.87. The minimum absolute atomic E-state index is 0.608. The van der Waals surface area contributed by atoms with Crippen molar-refractivity contribution in [2.75, 3.05) is 13.2 Å². The van der Waals surface area contributed by atoms with Crippen LogP contribution in [0.4, 0.5) is 0 Å². The average molecular weight is 230 g/mol. The first-order valence-electron chi connectivity index (χ1n) is 5.81. The minimum atomic E-state index is 0.608. The zero-order chi connectivity index (χ0) is 11.7. The van der Waals surface area contributed by atoms with Crippen LogP contribution in [0.1, 0.15) is 12.6 Å². The van der Waals surface area contributed by atoms with Crippen molar-refractivity contribution in [3.63, 3.8) is 0 Å². The summed E-state index contributed by atoms with van der Waals surface area (Å²) in [5.74, 6) is 1.61. The van der Waals surface area contributed by atoms with Crippen molar-refractivity contribution in [3.05, 3.63) is 30.0 Å². The summed E-state index contributed by atoms with van der Waals surface area (Å²) in [7, 11) is 0. The minimum Gasteiger partial charge on any atom is -0.486 e. The molecule has 2 heterocycles. The van der Waals surface area contributed by atoms with Gasteiger partial charge in [0.1, 0.15) is 13.2 Å². The molecule has 1 N–H and O–H groups in total. The van der Waals surface area contributed by atoms with Gasteiger partial charge >= 0.3 is 0 Å². The normalized spacial score (nSPS) is 13.7. The number of hydrogen-bond donors (Lipinski definition) is 1. The third-order valence-electron chi connectivity index (χ3n) is 2.85. The van der Waals surface area contributed by atoms with Gasteiger partial charge in [-0.2, -0.15) is 5.10 Å². The Morgan fingerprint density at radius 3 is 2.76 bits per heavy atom. The highest BCUT2D eigenvalue weighted by molar-refractivity contribution is 5.64. The van der Waals surface area contributed by atoms with E-state index in [0.717, 1.165) is 34.9 Å². The number of hydrogen-bond acceptors (Lipinski definition) is 3. The van der Waals surface area contributed by atoms with Crippen molar-refractivity contribution in [1.29, 1.82) is 0 Å². The van der Waals surface area contributed by atoms with E-state index in [1.165, 1.54) is 0 Å². The number of nitrogens with one attached hydrogen (secondary N) is 1.